The van der Waals surface area contributed by atoms with Gasteiger partial charge in [-0.1, -0.05) is 18.2 Å². The van der Waals surface area contributed by atoms with Gasteiger partial charge in [0, 0.05) is 18.3 Å². The molecule has 2 aromatic rings. The van der Waals surface area contributed by atoms with E-state index in [1.165, 1.54) is 17.4 Å². The van der Waals surface area contributed by atoms with Crippen molar-refractivity contribution in [1.82, 2.24) is 9.71 Å². The normalized spacial score (nSPS) is 11.7. The number of hydrogen-bond acceptors (Lipinski definition) is 4. The van der Waals surface area contributed by atoms with Crippen LogP contribution in [-0.2, 0) is 22.9 Å². The molecule has 0 atom stereocenters. The summed E-state index contributed by atoms with van der Waals surface area (Å²) in [5.41, 5.74) is 2.99. The molecule has 2 rings (SSSR count). The summed E-state index contributed by atoms with van der Waals surface area (Å²) in [6, 6.07) is 6.21. The van der Waals surface area contributed by atoms with E-state index in [-0.39, 0.29) is 18.0 Å². The van der Waals surface area contributed by atoms with Crippen LogP contribution in [0.25, 0.3) is 0 Å². The quantitative estimate of drug-likeness (QED) is 0.850. The lowest BCUT2D eigenvalue weighted by Gasteiger charge is -2.06. The van der Waals surface area contributed by atoms with E-state index in [9.17, 15) is 12.8 Å². The largest absolute Gasteiger partial charge is 0.250 e. The molecule has 0 fully saturated rings. The van der Waals surface area contributed by atoms with Gasteiger partial charge in [-0.25, -0.2) is 22.5 Å². The molecule has 0 amide bonds. The van der Waals surface area contributed by atoms with Gasteiger partial charge in [0.15, 0.2) is 0 Å². The Kier molecular flexibility index (Phi) is 5.22. The van der Waals surface area contributed by atoms with Gasteiger partial charge in [-0.2, -0.15) is 0 Å². The van der Waals surface area contributed by atoms with E-state index in [2.05, 4.69) is 9.71 Å². The second kappa shape index (κ2) is 6.92. The number of nitrogens with zero attached hydrogens (tertiary/aromatic N) is 1. The van der Waals surface area contributed by atoms with E-state index >= 15 is 0 Å². The van der Waals surface area contributed by atoms with Crippen molar-refractivity contribution in [3.8, 4) is 0 Å². The molecule has 7 heteroatoms. The van der Waals surface area contributed by atoms with Gasteiger partial charge in [-0.3, -0.25) is 0 Å². The maximum atomic E-state index is 13.4. The number of hydrogen-bond donors (Lipinski definition) is 1. The summed E-state index contributed by atoms with van der Waals surface area (Å²) >= 11 is 1.48. The summed E-state index contributed by atoms with van der Waals surface area (Å²) in [5.74, 6) is -0.490. The van der Waals surface area contributed by atoms with Crippen LogP contribution < -0.4 is 4.72 Å². The maximum Gasteiger partial charge on any atom is 0.211 e. The predicted octanol–water partition coefficient (Wildman–Crippen LogP) is 1.99. The lowest BCUT2D eigenvalue weighted by molar-refractivity contribution is 0.578. The number of aryl methyl sites for hydroxylation is 1. The van der Waals surface area contributed by atoms with E-state index in [0.29, 0.717) is 18.5 Å². The van der Waals surface area contributed by atoms with Gasteiger partial charge in [0.1, 0.15) is 5.82 Å². The molecule has 1 N–H and O–H groups in total. The molecule has 1 aromatic heterocycles. The Balaban J connectivity index is 1.80. The molecule has 0 aliphatic heterocycles. The van der Waals surface area contributed by atoms with Crippen LogP contribution in [0.4, 0.5) is 4.39 Å². The molecule has 20 heavy (non-hydrogen) atoms. The first-order valence-electron chi connectivity index (χ1n) is 6.15. The molecule has 0 bridgehead atoms. The van der Waals surface area contributed by atoms with E-state index in [0.717, 1.165) is 5.69 Å². The molecule has 0 unspecified atom stereocenters. The highest BCUT2D eigenvalue weighted by Gasteiger charge is 2.11. The summed E-state index contributed by atoms with van der Waals surface area (Å²) in [4.78, 5) is 4.08. The Morgan fingerprint density at radius 1 is 1.25 bits per heavy atom. The zero-order chi connectivity index (χ0) is 14.4. The molecule has 108 valence electrons. The molecule has 1 aromatic carbocycles. The minimum Gasteiger partial charge on any atom is -0.250 e. The molecule has 0 spiro atoms. The zero-order valence-corrected chi connectivity index (χ0v) is 12.4. The molecule has 0 aliphatic carbocycles. The monoisotopic (exact) mass is 314 g/mol. The fourth-order valence-corrected chi connectivity index (χ4v) is 3.35. The molecule has 0 aliphatic rings. The van der Waals surface area contributed by atoms with Crippen LogP contribution in [0.15, 0.2) is 35.2 Å². The Bertz CT molecular complexity index is 642. The molecule has 0 radical (unpaired) electrons. The van der Waals surface area contributed by atoms with Crippen molar-refractivity contribution in [2.75, 3.05) is 12.3 Å². The topological polar surface area (TPSA) is 59.1 Å². The van der Waals surface area contributed by atoms with Gasteiger partial charge in [0.05, 0.1) is 17.0 Å². The summed E-state index contributed by atoms with van der Waals surface area (Å²) in [5, 5.41) is 1.88. The summed E-state index contributed by atoms with van der Waals surface area (Å²) < 4.78 is 39.5. The Labute approximate surface area is 121 Å². The smallest absolute Gasteiger partial charge is 0.211 e. The van der Waals surface area contributed by atoms with E-state index in [1.54, 1.807) is 23.7 Å². The number of benzene rings is 1. The first-order chi connectivity index (χ1) is 9.57. The summed E-state index contributed by atoms with van der Waals surface area (Å²) in [6.07, 6.45) is 0.723. The van der Waals surface area contributed by atoms with Gasteiger partial charge in [-0.05, 0) is 18.1 Å². The van der Waals surface area contributed by atoms with Crippen LogP contribution >= 0.6 is 11.3 Å². The zero-order valence-electron chi connectivity index (χ0n) is 10.8. The number of rotatable bonds is 7. The minimum atomic E-state index is -3.39. The highest BCUT2D eigenvalue weighted by molar-refractivity contribution is 7.89. The second-order valence-corrected chi connectivity index (χ2v) is 6.93. The molecular weight excluding hydrogens is 299 g/mol. The van der Waals surface area contributed by atoms with Crippen LogP contribution in [0.3, 0.4) is 0 Å². The number of sulfonamides is 1. The van der Waals surface area contributed by atoms with Crippen LogP contribution in [-0.4, -0.2) is 25.7 Å². The average Bonchev–Trinajstić information content (AvgIpc) is 2.91. The molecule has 0 saturated heterocycles. The lowest BCUT2D eigenvalue weighted by Crippen LogP contribution is -2.29. The van der Waals surface area contributed by atoms with Crippen LogP contribution in [0.2, 0.25) is 0 Å². The van der Waals surface area contributed by atoms with Crippen LogP contribution in [0.1, 0.15) is 11.3 Å². The van der Waals surface area contributed by atoms with Crippen molar-refractivity contribution in [2.24, 2.45) is 0 Å². The maximum absolute atomic E-state index is 13.4. The van der Waals surface area contributed by atoms with Crippen molar-refractivity contribution in [2.45, 2.75) is 12.8 Å². The Hall–Kier alpha value is -1.31. The van der Waals surface area contributed by atoms with Crippen LogP contribution in [0, 0.1) is 5.82 Å². The van der Waals surface area contributed by atoms with E-state index in [4.69, 9.17) is 0 Å². The van der Waals surface area contributed by atoms with Gasteiger partial charge >= 0.3 is 0 Å². The van der Waals surface area contributed by atoms with Crippen molar-refractivity contribution in [1.29, 1.82) is 0 Å². The third-order valence-electron chi connectivity index (χ3n) is 2.78. The highest BCUT2D eigenvalue weighted by Crippen LogP contribution is 2.08. The third-order valence-corrected chi connectivity index (χ3v) is 4.81. The summed E-state index contributed by atoms with van der Waals surface area (Å²) in [7, 11) is -3.39. The Morgan fingerprint density at radius 2 is 2.05 bits per heavy atom. The predicted molar refractivity (Wildman–Crippen MR) is 77.7 cm³/mol. The number of halogens is 1. The Morgan fingerprint density at radius 3 is 2.75 bits per heavy atom. The minimum absolute atomic E-state index is 0.120. The molecule has 4 nitrogen and oxygen atoms in total. The van der Waals surface area contributed by atoms with Crippen LogP contribution in [0.5, 0.6) is 0 Å². The van der Waals surface area contributed by atoms with Crippen molar-refractivity contribution >= 4 is 21.4 Å². The fourth-order valence-electron chi connectivity index (χ4n) is 1.71. The number of thiazole rings is 1. The number of aromatic nitrogens is 1. The van der Waals surface area contributed by atoms with Crippen molar-refractivity contribution in [3.63, 3.8) is 0 Å². The second-order valence-electron chi connectivity index (χ2n) is 4.28. The van der Waals surface area contributed by atoms with Gasteiger partial charge < -0.3 is 0 Å². The van der Waals surface area contributed by atoms with Gasteiger partial charge in [0.25, 0.3) is 0 Å². The van der Waals surface area contributed by atoms with E-state index < -0.39 is 10.0 Å². The highest BCUT2D eigenvalue weighted by atomic mass is 32.2. The fraction of sp³-hybridized carbons (Fsp3) is 0.308. The van der Waals surface area contributed by atoms with Gasteiger partial charge in [0.2, 0.25) is 10.0 Å². The first kappa shape index (κ1) is 15.1. The lowest BCUT2D eigenvalue weighted by atomic mass is 10.2. The van der Waals surface area contributed by atoms with Crippen molar-refractivity contribution in [3.05, 3.63) is 52.2 Å². The average molecular weight is 314 g/mol. The van der Waals surface area contributed by atoms with E-state index in [1.807, 2.05) is 5.38 Å². The molecular formula is C13H15FN2O2S2. The number of nitrogens with one attached hydrogen (secondary N) is 1. The SMILES string of the molecule is O=S(=O)(CCc1ccccc1F)NCCc1cscn1. The van der Waals surface area contributed by atoms with Gasteiger partial charge in [-0.15, -0.1) is 11.3 Å². The first-order valence-corrected chi connectivity index (χ1v) is 8.74. The standard InChI is InChI=1S/C13H15FN2O2S2/c14-13-4-2-1-3-11(13)6-8-20(17,18)16-7-5-12-9-19-10-15-12/h1-4,9-10,16H,5-8H2. The molecule has 1 heterocycles. The third kappa shape index (κ3) is 4.66. The molecule has 0 saturated carbocycles. The summed E-state index contributed by atoms with van der Waals surface area (Å²) in [6.45, 7) is 0.309. The van der Waals surface area contributed by atoms with Crippen molar-refractivity contribution < 1.29 is 12.8 Å².